The van der Waals surface area contributed by atoms with Crippen molar-refractivity contribution in [2.75, 3.05) is 0 Å². The Hall–Kier alpha value is -2.47. The number of aromatic nitrogens is 3. The van der Waals surface area contributed by atoms with Crippen molar-refractivity contribution < 1.29 is 9.53 Å². The molecule has 0 spiro atoms. The first-order chi connectivity index (χ1) is 12.1. The molecule has 4 rings (SSSR count). The van der Waals surface area contributed by atoms with E-state index < -0.39 is 0 Å². The van der Waals surface area contributed by atoms with Crippen LogP contribution >= 0.6 is 11.3 Å². The highest BCUT2D eigenvalue weighted by Gasteiger charge is 2.46. The molecular formula is C19H19N3O2S. The van der Waals surface area contributed by atoms with Gasteiger partial charge in [-0.05, 0) is 25.5 Å². The molecule has 1 aromatic carbocycles. The number of esters is 1. The van der Waals surface area contributed by atoms with Crippen molar-refractivity contribution in [2.24, 2.45) is 13.0 Å². The van der Waals surface area contributed by atoms with Gasteiger partial charge in [0.25, 0.3) is 0 Å². The Morgan fingerprint density at radius 1 is 1.24 bits per heavy atom. The van der Waals surface area contributed by atoms with E-state index in [-0.39, 0.29) is 18.5 Å². The zero-order valence-electron chi connectivity index (χ0n) is 14.2. The van der Waals surface area contributed by atoms with Gasteiger partial charge in [0.1, 0.15) is 0 Å². The lowest BCUT2D eigenvalue weighted by Gasteiger charge is -2.05. The van der Waals surface area contributed by atoms with E-state index in [1.807, 2.05) is 41.9 Å². The van der Waals surface area contributed by atoms with Gasteiger partial charge < -0.3 is 9.30 Å². The van der Waals surface area contributed by atoms with Crippen molar-refractivity contribution in [2.45, 2.75) is 25.9 Å². The molecule has 0 saturated heterocycles. The monoisotopic (exact) mass is 353 g/mol. The van der Waals surface area contributed by atoms with Crippen molar-refractivity contribution in [3.8, 4) is 11.4 Å². The fourth-order valence-corrected chi connectivity index (χ4v) is 4.05. The predicted octanol–water partition coefficient (Wildman–Crippen LogP) is 3.70. The first-order valence-corrected chi connectivity index (χ1v) is 9.12. The van der Waals surface area contributed by atoms with E-state index in [2.05, 4.69) is 29.3 Å². The Labute approximate surface area is 150 Å². The van der Waals surface area contributed by atoms with Gasteiger partial charge in [-0.1, -0.05) is 30.3 Å². The zero-order chi connectivity index (χ0) is 17.4. The third kappa shape index (κ3) is 3.22. The molecule has 128 valence electrons. The molecule has 1 aliphatic carbocycles. The van der Waals surface area contributed by atoms with Crippen LogP contribution in [0.5, 0.6) is 0 Å². The Bertz CT molecular complexity index is 901. The van der Waals surface area contributed by atoms with Crippen LogP contribution in [0, 0.1) is 12.8 Å². The highest BCUT2D eigenvalue weighted by Crippen LogP contribution is 2.50. The van der Waals surface area contributed by atoms with E-state index >= 15 is 0 Å². The molecule has 1 saturated carbocycles. The topological polar surface area (TPSA) is 57.0 Å². The maximum absolute atomic E-state index is 12.3. The van der Waals surface area contributed by atoms with Crippen molar-refractivity contribution in [3.63, 3.8) is 0 Å². The van der Waals surface area contributed by atoms with Crippen molar-refractivity contribution >= 4 is 17.3 Å². The normalized spacial score (nSPS) is 19.0. The third-order valence-corrected chi connectivity index (χ3v) is 5.69. The molecule has 1 aliphatic rings. The van der Waals surface area contributed by atoms with E-state index in [9.17, 15) is 4.79 Å². The van der Waals surface area contributed by atoms with Gasteiger partial charge in [-0.3, -0.25) is 4.79 Å². The highest BCUT2D eigenvalue weighted by atomic mass is 32.1. The number of carbonyl (C=O) groups is 1. The zero-order valence-corrected chi connectivity index (χ0v) is 15.0. The SMILES string of the molecule is Cc1ccc([C@H]2C[C@H]2C(=O)OCc2nnc(-c3ccccc3)n2C)s1. The van der Waals surface area contributed by atoms with Crippen LogP contribution in [-0.4, -0.2) is 20.7 Å². The van der Waals surface area contributed by atoms with E-state index in [0.29, 0.717) is 11.7 Å². The van der Waals surface area contributed by atoms with Crippen LogP contribution in [0.4, 0.5) is 0 Å². The van der Waals surface area contributed by atoms with Crippen molar-refractivity contribution in [3.05, 3.63) is 58.0 Å². The standard InChI is InChI=1S/C19H19N3O2S/c1-12-8-9-16(25-12)14-10-15(14)19(23)24-11-17-20-21-18(22(17)2)13-6-4-3-5-7-13/h3-9,14-15H,10-11H2,1-2H3/t14-,15+/m0/s1. The predicted molar refractivity (Wildman–Crippen MR) is 96.1 cm³/mol. The largest absolute Gasteiger partial charge is 0.457 e. The molecular weight excluding hydrogens is 334 g/mol. The van der Waals surface area contributed by atoms with Gasteiger partial charge in [-0.25, -0.2) is 0 Å². The Kier molecular flexibility index (Phi) is 4.13. The quantitative estimate of drug-likeness (QED) is 0.656. The summed E-state index contributed by atoms with van der Waals surface area (Å²) in [4.78, 5) is 14.8. The molecule has 2 aromatic heterocycles. The van der Waals surface area contributed by atoms with Crippen LogP contribution in [0.1, 0.15) is 27.9 Å². The van der Waals surface area contributed by atoms with Crippen molar-refractivity contribution in [1.82, 2.24) is 14.8 Å². The lowest BCUT2D eigenvalue weighted by Crippen LogP contribution is -2.10. The average Bonchev–Trinajstić information content (AvgIpc) is 3.18. The summed E-state index contributed by atoms with van der Waals surface area (Å²) in [5.74, 6) is 1.59. The van der Waals surface area contributed by atoms with E-state index in [1.165, 1.54) is 9.75 Å². The van der Waals surface area contributed by atoms with Crippen LogP contribution in [0.3, 0.4) is 0 Å². The fraction of sp³-hybridized carbons (Fsp3) is 0.316. The third-order valence-electron chi connectivity index (χ3n) is 4.56. The van der Waals surface area contributed by atoms with Gasteiger partial charge in [0, 0.05) is 28.3 Å². The number of hydrogen-bond acceptors (Lipinski definition) is 5. The molecule has 2 heterocycles. The van der Waals surface area contributed by atoms with Gasteiger partial charge in [0.05, 0.1) is 5.92 Å². The fourth-order valence-electron chi connectivity index (χ4n) is 2.99. The number of ether oxygens (including phenoxy) is 1. The smallest absolute Gasteiger partial charge is 0.310 e. The van der Waals surface area contributed by atoms with Crippen LogP contribution in [0.25, 0.3) is 11.4 Å². The Morgan fingerprint density at radius 3 is 2.76 bits per heavy atom. The molecule has 6 heteroatoms. The summed E-state index contributed by atoms with van der Waals surface area (Å²) in [5.41, 5.74) is 0.991. The van der Waals surface area contributed by atoms with Gasteiger partial charge in [-0.2, -0.15) is 0 Å². The van der Waals surface area contributed by atoms with E-state index in [1.54, 1.807) is 11.3 Å². The minimum atomic E-state index is -0.139. The molecule has 0 aliphatic heterocycles. The lowest BCUT2D eigenvalue weighted by molar-refractivity contribution is -0.146. The molecule has 0 radical (unpaired) electrons. The molecule has 1 fully saturated rings. The van der Waals surface area contributed by atoms with Crippen LogP contribution < -0.4 is 0 Å². The molecule has 25 heavy (non-hydrogen) atoms. The second-order valence-electron chi connectivity index (χ2n) is 6.37. The summed E-state index contributed by atoms with van der Waals surface area (Å²) in [6.45, 7) is 2.24. The molecule has 0 unspecified atom stereocenters. The number of carbonyl (C=O) groups excluding carboxylic acids is 1. The average molecular weight is 353 g/mol. The maximum atomic E-state index is 12.3. The first kappa shape index (κ1) is 16.0. The highest BCUT2D eigenvalue weighted by molar-refractivity contribution is 7.12. The van der Waals surface area contributed by atoms with Gasteiger partial charge in [-0.15, -0.1) is 21.5 Å². The number of rotatable bonds is 5. The van der Waals surface area contributed by atoms with Crippen LogP contribution in [0.15, 0.2) is 42.5 Å². The van der Waals surface area contributed by atoms with E-state index in [0.717, 1.165) is 17.8 Å². The second-order valence-corrected chi connectivity index (χ2v) is 7.69. The summed E-state index contributed by atoms with van der Waals surface area (Å²) in [6, 6.07) is 14.1. The number of hydrogen-bond donors (Lipinski definition) is 0. The summed E-state index contributed by atoms with van der Waals surface area (Å²) in [5, 5.41) is 8.38. The Balaban J connectivity index is 1.38. The Morgan fingerprint density at radius 2 is 2.04 bits per heavy atom. The van der Waals surface area contributed by atoms with Gasteiger partial charge in [0.2, 0.25) is 0 Å². The molecule has 0 bridgehead atoms. The van der Waals surface area contributed by atoms with E-state index in [4.69, 9.17) is 4.74 Å². The van der Waals surface area contributed by atoms with Crippen LogP contribution in [-0.2, 0) is 23.2 Å². The second kappa shape index (κ2) is 6.44. The molecule has 2 atom stereocenters. The molecule has 0 amide bonds. The lowest BCUT2D eigenvalue weighted by atomic mass is 10.2. The number of thiophene rings is 1. The minimum Gasteiger partial charge on any atom is -0.457 e. The van der Waals surface area contributed by atoms with Crippen molar-refractivity contribution in [1.29, 1.82) is 0 Å². The number of benzene rings is 1. The van der Waals surface area contributed by atoms with Crippen LogP contribution in [0.2, 0.25) is 0 Å². The minimum absolute atomic E-state index is 0.0140. The summed E-state index contributed by atoms with van der Waals surface area (Å²) >= 11 is 1.76. The molecule has 5 nitrogen and oxygen atoms in total. The van der Waals surface area contributed by atoms with Gasteiger partial charge >= 0.3 is 5.97 Å². The molecule has 3 aromatic rings. The summed E-state index contributed by atoms with van der Waals surface area (Å²) < 4.78 is 7.35. The summed E-state index contributed by atoms with van der Waals surface area (Å²) in [6.07, 6.45) is 0.882. The van der Waals surface area contributed by atoms with Gasteiger partial charge in [0.15, 0.2) is 18.3 Å². The first-order valence-electron chi connectivity index (χ1n) is 8.30. The molecule has 0 N–H and O–H groups in total. The number of nitrogens with zero attached hydrogens (tertiary/aromatic N) is 3. The number of aryl methyl sites for hydroxylation is 1. The summed E-state index contributed by atoms with van der Waals surface area (Å²) in [7, 11) is 1.89. The maximum Gasteiger partial charge on any atom is 0.310 e.